The minimum atomic E-state index is -0.306. The summed E-state index contributed by atoms with van der Waals surface area (Å²) in [6.45, 7) is 0. The fourth-order valence-corrected chi connectivity index (χ4v) is 3.52. The van der Waals surface area contributed by atoms with Crippen molar-refractivity contribution in [1.82, 2.24) is 4.90 Å². The van der Waals surface area contributed by atoms with E-state index >= 15 is 0 Å². The number of hydrogen-bond donors (Lipinski definition) is 0. The van der Waals surface area contributed by atoms with Crippen molar-refractivity contribution in [2.75, 3.05) is 0 Å². The van der Waals surface area contributed by atoms with Crippen molar-refractivity contribution in [1.29, 1.82) is 0 Å². The van der Waals surface area contributed by atoms with Crippen molar-refractivity contribution >= 4 is 5.91 Å². The zero-order chi connectivity index (χ0) is 16.5. The molecule has 1 fully saturated rings. The Morgan fingerprint density at radius 2 is 1.92 bits per heavy atom. The Bertz CT molecular complexity index is 784. The second-order valence-corrected chi connectivity index (χ2v) is 6.26. The molecule has 1 amide bonds. The molecule has 2 heterocycles. The van der Waals surface area contributed by atoms with E-state index in [0.717, 1.165) is 19.3 Å². The van der Waals surface area contributed by atoms with Crippen LogP contribution in [0.3, 0.4) is 0 Å². The molecule has 4 rings (SSSR count). The number of hydrogen-bond acceptors (Lipinski definition) is 2. The fourth-order valence-electron chi connectivity index (χ4n) is 3.52. The molecule has 1 saturated heterocycles. The van der Waals surface area contributed by atoms with Crippen molar-refractivity contribution in [2.24, 2.45) is 0 Å². The van der Waals surface area contributed by atoms with Crippen LogP contribution in [0.1, 0.15) is 29.6 Å². The fraction of sp³-hybridized carbons (Fsp3) is 0.250. The summed E-state index contributed by atoms with van der Waals surface area (Å²) in [6, 6.07) is 13.6. The molecule has 0 radical (unpaired) electrons. The molecule has 0 spiro atoms. The Morgan fingerprint density at radius 1 is 1.08 bits per heavy atom. The molecule has 0 saturated carbocycles. The first-order chi connectivity index (χ1) is 11.7. The molecule has 2 aromatic carbocycles. The standard InChI is InChI=1S/C20H18FNO2/c21-15-7-11-18(12-8-15)24-19-6-1-3-14(13-19)20(23)22-16-4-2-5-17(22)10-9-16/h1-4,6-8,11-13,16-17H,5,9-10H2/t16-,17-/m0/s1. The van der Waals surface area contributed by atoms with Crippen LogP contribution in [-0.4, -0.2) is 22.9 Å². The van der Waals surface area contributed by atoms with E-state index in [1.165, 1.54) is 12.1 Å². The summed E-state index contributed by atoms with van der Waals surface area (Å²) in [5.41, 5.74) is 0.627. The number of carbonyl (C=O) groups is 1. The first-order valence-electron chi connectivity index (χ1n) is 8.23. The molecule has 0 aliphatic carbocycles. The average molecular weight is 323 g/mol. The average Bonchev–Trinajstić information content (AvgIpc) is 2.85. The van der Waals surface area contributed by atoms with Crippen LogP contribution in [0.25, 0.3) is 0 Å². The molecule has 0 N–H and O–H groups in total. The van der Waals surface area contributed by atoms with Crippen LogP contribution in [0, 0.1) is 5.82 Å². The van der Waals surface area contributed by atoms with Gasteiger partial charge in [-0.05, 0) is 61.7 Å². The third-order valence-corrected chi connectivity index (χ3v) is 4.68. The zero-order valence-corrected chi connectivity index (χ0v) is 13.2. The van der Waals surface area contributed by atoms with E-state index in [9.17, 15) is 9.18 Å². The Balaban J connectivity index is 1.55. The lowest BCUT2D eigenvalue weighted by Crippen LogP contribution is -2.42. The van der Waals surface area contributed by atoms with Crippen molar-refractivity contribution in [2.45, 2.75) is 31.3 Å². The zero-order valence-electron chi connectivity index (χ0n) is 13.2. The maximum Gasteiger partial charge on any atom is 0.254 e. The molecule has 2 aliphatic heterocycles. The van der Waals surface area contributed by atoms with Gasteiger partial charge < -0.3 is 9.64 Å². The molecule has 4 heteroatoms. The molecular weight excluding hydrogens is 305 g/mol. The van der Waals surface area contributed by atoms with Gasteiger partial charge in [0.25, 0.3) is 5.91 Å². The second kappa shape index (κ2) is 6.11. The summed E-state index contributed by atoms with van der Waals surface area (Å²) in [7, 11) is 0. The molecule has 2 aliphatic rings. The molecule has 2 atom stereocenters. The Labute approximate surface area is 140 Å². The highest BCUT2D eigenvalue weighted by atomic mass is 19.1. The lowest BCUT2D eigenvalue weighted by molar-refractivity contribution is 0.0688. The maximum absolute atomic E-state index is 13.0. The SMILES string of the molecule is O=C(c1cccc(Oc2ccc(F)cc2)c1)N1[C@H]2CC=C[C@H]1CC2. The normalized spacial score (nSPS) is 21.8. The molecule has 122 valence electrons. The predicted octanol–water partition coefficient (Wildman–Crippen LogP) is 4.55. The highest BCUT2D eigenvalue weighted by Crippen LogP contribution is 2.33. The molecule has 0 unspecified atom stereocenters. The van der Waals surface area contributed by atoms with Crippen LogP contribution in [0.2, 0.25) is 0 Å². The summed E-state index contributed by atoms with van der Waals surface area (Å²) in [5.74, 6) is 0.866. The van der Waals surface area contributed by atoms with Crippen LogP contribution >= 0.6 is 0 Å². The van der Waals surface area contributed by atoms with Gasteiger partial charge in [-0.3, -0.25) is 4.79 Å². The van der Waals surface area contributed by atoms with E-state index in [2.05, 4.69) is 12.2 Å². The summed E-state index contributed by atoms with van der Waals surface area (Å²) in [5, 5.41) is 0. The highest BCUT2D eigenvalue weighted by Gasteiger charge is 2.37. The summed E-state index contributed by atoms with van der Waals surface area (Å²) in [4.78, 5) is 14.9. The van der Waals surface area contributed by atoms with E-state index < -0.39 is 0 Å². The Hall–Kier alpha value is -2.62. The van der Waals surface area contributed by atoms with E-state index in [1.807, 2.05) is 17.0 Å². The predicted molar refractivity (Wildman–Crippen MR) is 89.7 cm³/mol. The van der Waals surface area contributed by atoms with Gasteiger partial charge in [-0.1, -0.05) is 18.2 Å². The summed E-state index contributed by atoms with van der Waals surface area (Å²) < 4.78 is 18.7. The van der Waals surface area contributed by atoms with Crippen LogP contribution in [0.15, 0.2) is 60.7 Å². The highest BCUT2D eigenvalue weighted by molar-refractivity contribution is 5.95. The minimum absolute atomic E-state index is 0.0522. The van der Waals surface area contributed by atoms with E-state index in [1.54, 1.807) is 24.3 Å². The topological polar surface area (TPSA) is 29.5 Å². The van der Waals surface area contributed by atoms with Crippen LogP contribution in [0.5, 0.6) is 11.5 Å². The molecule has 24 heavy (non-hydrogen) atoms. The van der Waals surface area contributed by atoms with Gasteiger partial charge in [-0.25, -0.2) is 4.39 Å². The summed E-state index contributed by atoms with van der Waals surface area (Å²) in [6.07, 6.45) is 7.36. The molecule has 2 aromatic rings. The number of nitrogens with zero attached hydrogens (tertiary/aromatic N) is 1. The van der Waals surface area contributed by atoms with Gasteiger partial charge >= 0.3 is 0 Å². The smallest absolute Gasteiger partial charge is 0.254 e. The Morgan fingerprint density at radius 3 is 2.71 bits per heavy atom. The maximum atomic E-state index is 13.0. The van der Waals surface area contributed by atoms with Crippen LogP contribution in [-0.2, 0) is 0 Å². The molecule has 0 aromatic heterocycles. The monoisotopic (exact) mass is 323 g/mol. The number of halogens is 1. The molecule has 3 nitrogen and oxygen atoms in total. The minimum Gasteiger partial charge on any atom is -0.457 e. The van der Waals surface area contributed by atoms with Crippen LogP contribution in [0.4, 0.5) is 4.39 Å². The van der Waals surface area contributed by atoms with Crippen LogP contribution < -0.4 is 4.74 Å². The van der Waals surface area contributed by atoms with Crippen molar-refractivity contribution in [3.05, 3.63) is 72.1 Å². The quantitative estimate of drug-likeness (QED) is 0.776. The van der Waals surface area contributed by atoms with Gasteiger partial charge in [0, 0.05) is 11.6 Å². The van der Waals surface area contributed by atoms with Gasteiger partial charge in [-0.2, -0.15) is 0 Å². The first kappa shape index (κ1) is 14.9. The van der Waals surface area contributed by atoms with E-state index in [4.69, 9.17) is 4.74 Å². The number of fused-ring (bicyclic) bond motifs is 2. The van der Waals surface area contributed by atoms with Gasteiger partial charge in [0.1, 0.15) is 17.3 Å². The van der Waals surface area contributed by atoms with Crippen molar-refractivity contribution in [3.63, 3.8) is 0 Å². The number of carbonyl (C=O) groups excluding carboxylic acids is 1. The first-order valence-corrected chi connectivity index (χ1v) is 8.23. The van der Waals surface area contributed by atoms with Crippen molar-refractivity contribution < 1.29 is 13.9 Å². The molecular formula is C20H18FNO2. The van der Waals surface area contributed by atoms with Gasteiger partial charge in [-0.15, -0.1) is 0 Å². The molecule has 2 bridgehead atoms. The number of amides is 1. The second-order valence-electron chi connectivity index (χ2n) is 6.26. The third-order valence-electron chi connectivity index (χ3n) is 4.68. The summed E-state index contributed by atoms with van der Waals surface area (Å²) >= 11 is 0. The van der Waals surface area contributed by atoms with E-state index in [-0.39, 0.29) is 17.8 Å². The van der Waals surface area contributed by atoms with Crippen molar-refractivity contribution in [3.8, 4) is 11.5 Å². The lowest BCUT2D eigenvalue weighted by Gasteiger charge is -2.31. The number of ether oxygens (including phenoxy) is 1. The van der Waals surface area contributed by atoms with Gasteiger partial charge in [0.05, 0.1) is 6.04 Å². The Kier molecular flexibility index (Phi) is 3.81. The van der Waals surface area contributed by atoms with Gasteiger partial charge in [0.15, 0.2) is 0 Å². The number of rotatable bonds is 3. The van der Waals surface area contributed by atoms with E-state index in [0.29, 0.717) is 23.1 Å². The largest absolute Gasteiger partial charge is 0.457 e. The number of benzene rings is 2. The van der Waals surface area contributed by atoms with Gasteiger partial charge in [0.2, 0.25) is 0 Å². The third kappa shape index (κ3) is 2.80. The lowest BCUT2D eigenvalue weighted by atomic mass is 10.1.